The van der Waals surface area contributed by atoms with Crippen LogP contribution in [-0.2, 0) is 33.3 Å². The predicted molar refractivity (Wildman–Crippen MR) is 211 cm³/mol. The van der Waals surface area contributed by atoms with Crippen LogP contribution in [0.5, 0.6) is 23.0 Å². The number of ether oxygens (including phenoxy) is 5. The van der Waals surface area contributed by atoms with Crippen LogP contribution in [0.2, 0.25) is 0 Å². The maximum Gasteiger partial charge on any atom is 0.297 e. The monoisotopic (exact) mass is 798 g/mol. The topological polar surface area (TPSA) is 133 Å². The van der Waals surface area contributed by atoms with Gasteiger partial charge in [0.1, 0.15) is 38.6 Å². The summed E-state index contributed by atoms with van der Waals surface area (Å²) in [7, 11) is -7.88. The van der Waals surface area contributed by atoms with Crippen molar-refractivity contribution >= 4 is 20.2 Å². The Morgan fingerprint density at radius 1 is 0.491 bits per heavy atom. The minimum absolute atomic E-state index is 0.102. The minimum Gasteiger partial charge on any atom is -0.487 e. The molecule has 0 spiro atoms. The lowest BCUT2D eigenvalue weighted by Crippen LogP contribution is -2.25. The van der Waals surface area contributed by atoms with Crippen LogP contribution in [0.15, 0.2) is 107 Å². The lowest BCUT2D eigenvalue weighted by molar-refractivity contribution is 0.0706. The lowest BCUT2D eigenvalue weighted by Gasteiger charge is -2.21. The second kappa shape index (κ2) is 22.4. The van der Waals surface area contributed by atoms with Crippen molar-refractivity contribution in [1.82, 2.24) is 0 Å². The molecule has 0 aliphatic carbocycles. The van der Waals surface area contributed by atoms with E-state index in [9.17, 15) is 16.8 Å². The van der Waals surface area contributed by atoms with Gasteiger partial charge in [-0.15, -0.1) is 0 Å². The predicted octanol–water partition coefficient (Wildman–Crippen LogP) is 8.46. The van der Waals surface area contributed by atoms with E-state index in [1.807, 2.05) is 38.1 Å². The van der Waals surface area contributed by atoms with Crippen molar-refractivity contribution < 1.29 is 48.9 Å². The van der Waals surface area contributed by atoms with Gasteiger partial charge in [0.15, 0.2) is 23.0 Å². The van der Waals surface area contributed by atoms with Gasteiger partial charge in [0.25, 0.3) is 20.2 Å². The van der Waals surface area contributed by atoms with E-state index >= 15 is 0 Å². The molecule has 0 saturated heterocycles. The molecule has 2 unspecified atom stereocenters. The van der Waals surface area contributed by atoms with E-state index in [0.717, 1.165) is 36.8 Å². The number of hydrogen-bond acceptors (Lipinski definition) is 11. The number of hydrogen-bond donors (Lipinski definition) is 0. The van der Waals surface area contributed by atoms with Gasteiger partial charge in [0, 0.05) is 0 Å². The zero-order valence-corrected chi connectivity index (χ0v) is 33.8. The Morgan fingerprint density at radius 3 is 1.22 bits per heavy atom. The van der Waals surface area contributed by atoms with Crippen LogP contribution in [0.3, 0.4) is 0 Å². The molecule has 13 heteroatoms. The minimum atomic E-state index is -3.94. The fourth-order valence-corrected chi connectivity index (χ4v) is 7.18. The first-order valence-electron chi connectivity index (χ1n) is 18.8. The molecule has 2 atom stereocenters. The summed E-state index contributed by atoms with van der Waals surface area (Å²) in [5, 5.41) is 0. The van der Waals surface area contributed by atoms with E-state index in [1.165, 1.54) is 24.3 Å². The molecule has 0 bridgehead atoms. The Kier molecular flexibility index (Phi) is 17.8. The third kappa shape index (κ3) is 14.8. The molecule has 0 fully saturated rings. The molecule has 0 heterocycles. The molecule has 11 nitrogen and oxygen atoms in total. The Labute approximate surface area is 327 Å². The fourth-order valence-electron chi connectivity index (χ4n) is 5.31. The van der Waals surface area contributed by atoms with Crippen molar-refractivity contribution in [1.29, 1.82) is 0 Å². The third-order valence-corrected chi connectivity index (χ3v) is 11.0. The van der Waals surface area contributed by atoms with Crippen molar-refractivity contribution in [3.63, 3.8) is 0 Å². The van der Waals surface area contributed by atoms with Gasteiger partial charge in [0.2, 0.25) is 0 Å². The number of para-hydroxylation sites is 4. The van der Waals surface area contributed by atoms with Crippen molar-refractivity contribution in [3.05, 3.63) is 108 Å². The van der Waals surface area contributed by atoms with Crippen LogP contribution in [-0.4, -0.2) is 68.7 Å². The Balaban J connectivity index is 1.24. The van der Waals surface area contributed by atoms with Gasteiger partial charge < -0.3 is 23.7 Å². The van der Waals surface area contributed by atoms with E-state index in [0.29, 0.717) is 35.8 Å². The fraction of sp³-hybridized carbons (Fsp3) is 0.429. The van der Waals surface area contributed by atoms with E-state index in [2.05, 4.69) is 13.8 Å². The molecule has 4 aromatic carbocycles. The summed E-state index contributed by atoms with van der Waals surface area (Å²) < 4.78 is 92.3. The zero-order valence-electron chi connectivity index (χ0n) is 32.2. The SMILES string of the molecule is CCCCC(COS(=O)(=O)c1ccc(C)cc1)Oc1ccccc1OCCOCCOc1ccccc1OC(CCCC)COS(=O)(=O)c1ccc(C)cc1. The van der Waals surface area contributed by atoms with Crippen LogP contribution < -0.4 is 18.9 Å². The number of benzene rings is 4. The molecular weight excluding hydrogens is 745 g/mol. The highest BCUT2D eigenvalue weighted by molar-refractivity contribution is 7.87. The summed E-state index contributed by atoms with van der Waals surface area (Å²) >= 11 is 0. The van der Waals surface area contributed by atoms with Crippen molar-refractivity contribution in [2.45, 2.75) is 88.2 Å². The molecule has 0 N–H and O–H groups in total. The maximum absolute atomic E-state index is 12.8. The average Bonchev–Trinajstić information content (AvgIpc) is 3.18. The normalized spacial score (nSPS) is 12.9. The summed E-state index contributed by atoms with van der Waals surface area (Å²) in [5.41, 5.74) is 1.91. The van der Waals surface area contributed by atoms with Gasteiger partial charge >= 0.3 is 0 Å². The summed E-state index contributed by atoms with van der Waals surface area (Å²) in [4.78, 5) is 0.203. The smallest absolute Gasteiger partial charge is 0.297 e. The van der Waals surface area contributed by atoms with Crippen LogP contribution in [0.25, 0.3) is 0 Å². The summed E-state index contributed by atoms with van der Waals surface area (Å²) in [6.45, 7) is 8.65. The number of unbranched alkanes of at least 4 members (excludes halogenated alkanes) is 2. The summed E-state index contributed by atoms with van der Waals surface area (Å²) in [6.07, 6.45) is 3.69. The Bertz CT molecular complexity index is 1790. The van der Waals surface area contributed by atoms with Gasteiger partial charge in [-0.3, -0.25) is 8.37 Å². The highest BCUT2D eigenvalue weighted by atomic mass is 32.2. The van der Waals surface area contributed by atoms with Crippen molar-refractivity contribution in [2.24, 2.45) is 0 Å². The van der Waals surface area contributed by atoms with Crippen LogP contribution in [0.4, 0.5) is 0 Å². The van der Waals surface area contributed by atoms with Gasteiger partial charge in [0.05, 0.1) is 23.0 Å². The van der Waals surface area contributed by atoms with E-state index in [-0.39, 0.29) is 49.4 Å². The van der Waals surface area contributed by atoms with Gasteiger partial charge in [-0.25, -0.2) is 0 Å². The molecule has 0 radical (unpaired) electrons. The van der Waals surface area contributed by atoms with E-state index in [4.69, 9.17) is 32.1 Å². The highest BCUT2D eigenvalue weighted by Gasteiger charge is 2.22. The van der Waals surface area contributed by atoms with Gasteiger partial charge in [-0.1, -0.05) is 86.3 Å². The Morgan fingerprint density at radius 2 is 0.855 bits per heavy atom. The van der Waals surface area contributed by atoms with Crippen LogP contribution >= 0.6 is 0 Å². The summed E-state index contributed by atoms with van der Waals surface area (Å²) in [5.74, 6) is 1.97. The standard InChI is InChI=1S/C42H54O11S2/c1-5-7-13-35(31-50-54(43,44)37-23-19-33(3)20-24-37)52-41-17-11-9-15-39(41)48-29-27-47-28-30-49-40-16-10-12-18-42(40)53-36(14-8-6-2)32-51-55(45,46)38-25-21-34(4)22-26-38/h9-12,15-26,35-36H,5-8,13-14,27-32H2,1-4H3. The lowest BCUT2D eigenvalue weighted by atomic mass is 10.2. The molecule has 55 heavy (non-hydrogen) atoms. The molecule has 0 aliphatic rings. The molecule has 4 rings (SSSR count). The molecule has 0 aromatic heterocycles. The van der Waals surface area contributed by atoms with Crippen LogP contribution in [0, 0.1) is 13.8 Å². The first kappa shape index (κ1) is 43.6. The quantitative estimate of drug-likeness (QED) is 0.0448. The Hall–Kier alpha value is -4.14. The average molecular weight is 799 g/mol. The van der Waals surface area contributed by atoms with E-state index in [1.54, 1.807) is 48.5 Å². The molecule has 300 valence electrons. The first-order valence-corrected chi connectivity index (χ1v) is 21.6. The largest absolute Gasteiger partial charge is 0.487 e. The first-order chi connectivity index (χ1) is 26.5. The number of rotatable bonds is 26. The number of aryl methyl sites for hydroxylation is 2. The highest BCUT2D eigenvalue weighted by Crippen LogP contribution is 2.30. The van der Waals surface area contributed by atoms with Gasteiger partial charge in [-0.2, -0.15) is 16.8 Å². The molecule has 4 aromatic rings. The van der Waals surface area contributed by atoms with Gasteiger partial charge in [-0.05, 0) is 88.1 Å². The molecule has 0 saturated carbocycles. The van der Waals surface area contributed by atoms with Crippen molar-refractivity contribution in [3.8, 4) is 23.0 Å². The second-order valence-electron chi connectivity index (χ2n) is 13.1. The maximum atomic E-state index is 12.8. The molecule has 0 amide bonds. The second-order valence-corrected chi connectivity index (χ2v) is 16.3. The zero-order chi connectivity index (χ0) is 39.5. The summed E-state index contributed by atoms with van der Waals surface area (Å²) in [6, 6.07) is 27.5. The van der Waals surface area contributed by atoms with Crippen LogP contribution in [0.1, 0.15) is 63.5 Å². The molecular formula is C42H54O11S2. The third-order valence-electron chi connectivity index (χ3n) is 8.45. The van der Waals surface area contributed by atoms with E-state index < -0.39 is 32.4 Å². The van der Waals surface area contributed by atoms with Crippen molar-refractivity contribution in [2.75, 3.05) is 39.6 Å². The molecule has 0 aliphatic heterocycles.